The van der Waals surface area contributed by atoms with Crippen molar-refractivity contribution in [2.75, 3.05) is 0 Å². The Morgan fingerprint density at radius 1 is 0.650 bits per heavy atom. The van der Waals surface area contributed by atoms with Gasteiger partial charge in [-0.15, -0.1) is 0 Å². The lowest BCUT2D eigenvalue weighted by molar-refractivity contribution is 0.434. The van der Waals surface area contributed by atoms with Crippen LogP contribution in [0.1, 0.15) is 61.8 Å². The van der Waals surface area contributed by atoms with E-state index in [9.17, 15) is 5.11 Å². The van der Waals surface area contributed by atoms with Crippen LogP contribution in [0.25, 0.3) is 56.2 Å². The summed E-state index contributed by atoms with van der Waals surface area (Å²) in [6.45, 7) is 8.59. The number of hydrogen-bond acceptors (Lipinski definition) is 5. The van der Waals surface area contributed by atoms with Crippen LogP contribution in [0.3, 0.4) is 0 Å². The van der Waals surface area contributed by atoms with Gasteiger partial charge in [-0.25, -0.2) is 9.97 Å². The van der Waals surface area contributed by atoms with Gasteiger partial charge in [-0.2, -0.15) is 0 Å². The van der Waals surface area contributed by atoms with E-state index < -0.39 is 0 Å². The van der Waals surface area contributed by atoms with Gasteiger partial charge in [0.25, 0.3) is 0 Å². The fourth-order valence-corrected chi connectivity index (χ4v) is 6.66. The van der Waals surface area contributed by atoms with Crippen molar-refractivity contribution in [1.29, 1.82) is 0 Å². The van der Waals surface area contributed by atoms with Crippen LogP contribution >= 0.6 is 0 Å². The van der Waals surface area contributed by atoms with Gasteiger partial charge < -0.3 is 13.9 Å². The molecule has 7 rings (SSSR count). The second kappa shape index (κ2) is 9.09. The largest absolute Gasteiger partial charge is 0.507 e. The molecule has 0 radical (unpaired) electrons. The average Bonchev–Trinajstić information content (AvgIpc) is 3.61. The molecule has 0 atom stereocenters. The van der Waals surface area contributed by atoms with E-state index in [2.05, 4.69) is 51.1 Å². The van der Waals surface area contributed by atoms with E-state index >= 15 is 0 Å². The molecule has 0 unspecified atom stereocenters. The number of phenolic OH excluding ortho intramolecular Hbond substituents is 1. The number of hydrogen-bond donors (Lipinski definition) is 1. The van der Waals surface area contributed by atoms with Crippen LogP contribution in [0.15, 0.2) is 75.6 Å². The third kappa shape index (κ3) is 3.68. The van der Waals surface area contributed by atoms with Gasteiger partial charge in [-0.3, -0.25) is 0 Å². The molecule has 0 saturated carbocycles. The summed E-state index contributed by atoms with van der Waals surface area (Å²) in [5.74, 6) is 1.25. The molecule has 0 bridgehead atoms. The van der Waals surface area contributed by atoms with E-state index in [-0.39, 0.29) is 11.2 Å². The maximum absolute atomic E-state index is 11.3. The first-order valence-electron chi connectivity index (χ1n) is 14.2. The number of oxazole rings is 2. The lowest BCUT2D eigenvalue weighted by Crippen LogP contribution is -2.25. The first-order valence-corrected chi connectivity index (χ1v) is 14.2. The van der Waals surface area contributed by atoms with Gasteiger partial charge in [0.1, 0.15) is 16.8 Å². The smallest absolute Gasteiger partial charge is 0.231 e. The van der Waals surface area contributed by atoms with Crippen LogP contribution in [0, 0.1) is 13.8 Å². The minimum absolute atomic E-state index is 0.176. The lowest BCUT2D eigenvalue weighted by atomic mass is 9.71. The summed E-state index contributed by atoms with van der Waals surface area (Å²) in [5, 5.41) is 11.3. The van der Waals surface area contributed by atoms with Crippen LogP contribution < -0.4 is 0 Å². The number of aromatic nitrogens is 2. The van der Waals surface area contributed by atoms with Gasteiger partial charge in [0.05, 0.1) is 5.56 Å². The number of phenols is 1. The Kier molecular flexibility index (Phi) is 5.60. The van der Waals surface area contributed by atoms with Crippen LogP contribution in [0.2, 0.25) is 0 Å². The van der Waals surface area contributed by atoms with Crippen LogP contribution in [0.4, 0.5) is 0 Å². The summed E-state index contributed by atoms with van der Waals surface area (Å²) in [7, 11) is 0. The zero-order valence-electron chi connectivity index (χ0n) is 23.3. The first-order chi connectivity index (χ1) is 19.4. The van der Waals surface area contributed by atoms with E-state index in [1.54, 1.807) is 0 Å². The standard InChI is InChI=1S/C35H32N2O3/c1-5-13-35(14-6-2)26-17-22(33-36-28-15-20(3)7-11-31(28)39-33)9-10-23(26)24-19-30(38)25(18-27(24)35)34-37-29-16-21(4)8-12-32(29)40-34/h7-12,15-19,38H,5-6,13-14H2,1-4H3. The van der Waals surface area contributed by atoms with Crippen LogP contribution in [0.5, 0.6) is 5.75 Å². The molecule has 0 saturated heterocycles. The predicted octanol–water partition coefficient (Wildman–Crippen LogP) is 9.49. The van der Waals surface area contributed by atoms with Crippen molar-refractivity contribution in [2.24, 2.45) is 0 Å². The topological polar surface area (TPSA) is 72.3 Å². The molecular formula is C35H32N2O3. The van der Waals surface area contributed by atoms with E-state index in [0.717, 1.165) is 75.7 Å². The van der Waals surface area contributed by atoms with Gasteiger partial charge in [0.15, 0.2) is 11.2 Å². The van der Waals surface area contributed by atoms with Crippen molar-refractivity contribution < 1.29 is 13.9 Å². The van der Waals surface area contributed by atoms with Crippen molar-refractivity contribution in [3.05, 3.63) is 89.0 Å². The number of fused-ring (bicyclic) bond motifs is 5. The molecule has 2 aromatic heterocycles. The monoisotopic (exact) mass is 528 g/mol. The minimum atomic E-state index is -0.197. The van der Waals surface area contributed by atoms with Crippen molar-refractivity contribution >= 4 is 22.2 Å². The molecule has 0 aliphatic heterocycles. The van der Waals surface area contributed by atoms with Gasteiger partial charge in [-0.05, 0) is 109 Å². The van der Waals surface area contributed by atoms with Crippen molar-refractivity contribution in [3.8, 4) is 39.8 Å². The van der Waals surface area contributed by atoms with Gasteiger partial charge >= 0.3 is 0 Å². The van der Waals surface area contributed by atoms with E-state index in [0.29, 0.717) is 17.3 Å². The quantitative estimate of drug-likeness (QED) is 0.233. The Morgan fingerprint density at radius 3 is 1.90 bits per heavy atom. The fourth-order valence-electron chi connectivity index (χ4n) is 6.66. The van der Waals surface area contributed by atoms with Crippen molar-refractivity contribution in [2.45, 2.75) is 58.8 Å². The summed E-state index contributed by atoms with van der Waals surface area (Å²) < 4.78 is 12.3. The summed E-state index contributed by atoms with van der Waals surface area (Å²) in [4.78, 5) is 9.58. The highest BCUT2D eigenvalue weighted by Crippen LogP contribution is 2.56. The van der Waals surface area contributed by atoms with E-state index in [4.69, 9.17) is 18.8 Å². The van der Waals surface area contributed by atoms with Crippen molar-refractivity contribution in [1.82, 2.24) is 9.97 Å². The number of rotatable bonds is 6. The molecule has 1 N–H and O–H groups in total. The molecule has 4 aromatic carbocycles. The molecule has 2 heterocycles. The van der Waals surface area contributed by atoms with Crippen LogP contribution in [-0.4, -0.2) is 15.1 Å². The third-order valence-electron chi connectivity index (χ3n) is 8.39. The molecule has 5 nitrogen and oxygen atoms in total. The van der Waals surface area contributed by atoms with E-state index in [1.165, 1.54) is 11.1 Å². The molecule has 0 spiro atoms. The first kappa shape index (κ1) is 24.6. The summed E-state index contributed by atoms with van der Waals surface area (Å²) in [6.07, 6.45) is 4.05. The Labute approximate surface area is 233 Å². The van der Waals surface area contributed by atoms with Crippen LogP contribution in [-0.2, 0) is 5.41 Å². The molecule has 40 heavy (non-hydrogen) atoms. The highest BCUT2D eigenvalue weighted by molar-refractivity contribution is 5.88. The number of nitrogens with zero attached hydrogens (tertiary/aromatic N) is 2. The Balaban J connectivity index is 1.41. The summed E-state index contributed by atoms with van der Waals surface area (Å²) >= 11 is 0. The molecule has 6 aromatic rings. The van der Waals surface area contributed by atoms with Gasteiger partial charge in [0.2, 0.25) is 11.8 Å². The fraction of sp³-hybridized carbons (Fsp3) is 0.257. The Morgan fingerprint density at radius 2 is 1.25 bits per heavy atom. The molecule has 5 heteroatoms. The Bertz CT molecular complexity index is 1920. The summed E-state index contributed by atoms with van der Waals surface area (Å²) in [5.41, 5.74) is 11.6. The molecule has 1 aliphatic carbocycles. The second-order valence-electron chi connectivity index (χ2n) is 11.2. The average molecular weight is 529 g/mol. The molecule has 0 fully saturated rings. The highest BCUT2D eigenvalue weighted by Gasteiger charge is 2.43. The lowest BCUT2D eigenvalue weighted by Gasteiger charge is -2.32. The maximum atomic E-state index is 11.3. The SMILES string of the molecule is CCCC1(CCC)c2cc(-c3nc4cc(C)ccc4o3)ccc2-c2cc(O)c(-c3nc4cc(C)ccc4o3)cc21. The van der Waals surface area contributed by atoms with Gasteiger partial charge in [0, 0.05) is 11.0 Å². The minimum Gasteiger partial charge on any atom is -0.507 e. The molecule has 0 amide bonds. The molecule has 1 aliphatic rings. The summed E-state index contributed by atoms with van der Waals surface area (Å²) in [6, 6.07) is 22.6. The molecular weight excluding hydrogens is 496 g/mol. The second-order valence-corrected chi connectivity index (χ2v) is 11.2. The number of benzene rings is 4. The maximum Gasteiger partial charge on any atom is 0.231 e. The third-order valence-corrected chi connectivity index (χ3v) is 8.39. The number of aryl methyl sites for hydroxylation is 2. The van der Waals surface area contributed by atoms with Crippen molar-refractivity contribution in [3.63, 3.8) is 0 Å². The Hall–Kier alpha value is -4.38. The highest BCUT2D eigenvalue weighted by atomic mass is 16.4. The normalized spacial score (nSPS) is 13.7. The zero-order chi connectivity index (χ0) is 27.6. The van der Waals surface area contributed by atoms with Gasteiger partial charge in [-0.1, -0.05) is 44.9 Å². The zero-order valence-corrected chi connectivity index (χ0v) is 23.3. The number of aromatic hydroxyl groups is 1. The predicted molar refractivity (Wildman–Crippen MR) is 160 cm³/mol. The van der Waals surface area contributed by atoms with E-state index in [1.807, 2.05) is 43.3 Å². The molecule has 200 valence electrons.